The fourth-order valence-electron chi connectivity index (χ4n) is 3.91. The molecule has 1 saturated carbocycles. The summed E-state index contributed by atoms with van der Waals surface area (Å²) in [5.41, 5.74) is 11.4. The van der Waals surface area contributed by atoms with Crippen molar-refractivity contribution in [3.8, 4) is 11.3 Å². The van der Waals surface area contributed by atoms with Gasteiger partial charge in [0.15, 0.2) is 0 Å². The lowest BCUT2D eigenvalue weighted by Crippen LogP contribution is -2.30. The van der Waals surface area contributed by atoms with E-state index in [9.17, 15) is 0 Å². The summed E-state index contributed by atoms with van der Waals surface area (Å²) in [5.74, 6) is 0.707. The van der Waals surface area contributed by atoms with Gasteiger partial charge in [0.25, 0.3) is 0 Å². The van der Waals surface area contributed by atoms with E-state index in [0.717, 1.165) is 23.3 Å². The van der Waals surface area contributed by atoms with Crippen LogP contribution < -0.4 is 16.4 Å². The van der Waals surface area contributed by atoms with Gasteiger partial charge in [-0.05, 0) is 42.7 Å². The Balaban J connectivity index is 1.56. The van der Waals surface area contributed by atoms with E-state index in [-0.39, 0.29) is 0 Å². The molecule has 0 radical (unpaired) electrons. The van der Waals surface area contributed by atoms with Crippen LogP contribution in [0.25, 0.3) is 22.2 Å². The van der Waals surface area contributed by atoms with Gasteiger partial charge in [-0.1, -0.05) is 25.3 Å². The molecule has 5 nitrogen and oxygen atoms in total. The normalized spacial score (nSPS) is 15.4. The summed E-state index contributed by atoms with van der Waals surface area (Å²) < 4.78 is 0. The number of nitrogens with zero attached hydrogens (tertiary/aromatic N) is 1. The third-order valence-electron chi connectivity index (χ3n) is 5.40. The minimum absolute atomic E-state index is 0.667. The van der Waals surface area contributed by atoms with Gasteiger partial charge in [0, 0.05) is 48.0 Å². The van der Waals surface area contributed by atoms with Crippen LogP contribution in [0.1, 0.15) is 37.7 Å². The second-order valence-corrected chi connectivity index (χ2v) is 7.19. The first-order valence-corrected chi connectivity index (χ1v) is 9.52. The lowest BCUT2D eigenvalue weighted by Gasteiger charge is -2.22. The summed E-state index contributed by atoms with van der Waals surface area (Å²) in [6, 6.07) is 11.4. The molecule has 26 heavy (non-hydrogen) atoms. The quantitative estimate of drug-likeness (QED) is 0.554. The second kappa shape index (κ2) is 7.38. The number of benzene rings is 1. The van der Waals surface area contributed by atoms with Crippen LogP contribution in [-0.4, -0.2) is 23.1 Å². The summed E-state index contributed by atoms with van der Waals surface area (Å²) in [5, 5.41) is 7.97. The maximum Gasteiger partial charge on any atom is 0.149 e. The zero-order chi connectivity index (χ0) is 17.9. The molecule has 5 N–H and O–H groups in total. The molecule has 1 aliphatic carbocycles. The van der Waals surface area contributed by atoms with Gasteiger partial charge in [-0.3, -0.25) is 0 Å². The number of nitrogens with two attached hydrogens (primary N) is 1. The number of aromatic nitrogens is 2. The molecule has 0 spiro atoms. The van der Waals surface area contributed by atoms with E-state index >= 15 is 0 Å². The Labute approximate surface area is 154 Å². The smallest absolute Gasteiger partial charge is 0.149 e. The molecular formula is C21H27N5. The Morgan fingerprint density at radius 2 is 2.00 bits per heavy atom. The monoisotopic (exact) mass is 349 g/mol. The number of nitrogen functional groups attached to an aromatic ring is 1. The fourth-order valence-corrected chi connectivity index (χ4v) is 3.91. The van der Waals surface area contributed by atoms with Gasteiger partial charge in [-0.25, -0.2) is 4.98 Å². The minimum atomic E-state index is 0.667. The van der Waals surface area contributed by atoms with Gasteiger partial charge in [-0.2, -0.15) is 0 Å². The van der Waals surface area contributed by atoms with E-state index in [0.29, 0.717) is 17.5 Å². The van der Waals surface area contributed by atoms with Crippen molar-refractivity contribution >= 4 is 22.4 Å². The van der Waals surface area contributed by atoms with Crippen LogP contribution in [0.5, 0.6) is 0 Å². The van der Waals surface area contributed by atoms with Crippen LogP contribution >= 0.6 is 0 Å². The number of pyridine rings is 1. The molecule has 136 valence electrons. The van der Waals surface area contributed by atoms with Gasteiger partial charge in [0.05, 0.1) is 5.69 Å². The Morgan fingerprint density at radius 3 is 2.81 bits per heavy atom. The molecular weight excluding hydrogens is 322 g/mol. The van der Waals surface area contributed by atoms with E-state index in [1.54, 1.807) is 6.20 Å². The molecule has 0 bridgehead atoms. The summed E-state index contributed by atoms with van der Waals surface area (Å²) in [4.78, 5) is 7.74. The van der Waals surface area contributed by atoms with Crippen molar-refractivity contribution in [1.82, 2.24) is 15.3 Å². The summed E-state index contributed by atoms with van der Waals surface area (Å²) in [6.45, 7) is 0.933. The number of aromatic amines is 1. The van der Waals surface area contributed by atoms with Crippen LogP contribution in [-0.2, 0) is 6.54 Å². The minimum Gasteiger partial charge on any atom is -0.395 e. The van der Waals surface area contributed by atoms with Gasteiger partial charge in [0.1, 0.15) is 5.82 Å². The molecule has 4 rings (SSSR count). The molecule has 5 heteroatoms. The number of H-pyrrole nitrogens is 1. The number of rotatable bonds is 5. The van der Waals surface area contributed by atoms with Crippen molar-refractivity contribution in [2.75, 3.05) is 18.1 Å². The van der Waals surface area contributed by atoms with Crippen molar-refractivity contribution in [1.29, 1.82) is 0 Å². The molecule has 0 amide bonds. The molecule has 0 atom stereocenters. The Kier molecular flexibility index (Phi) is 4.80. The fraction of sp³-hybridized carbons (Fsp3) is 0.381. The third kappa shape index (κ3) is 3.40. The standard InChI is InChI=1S/C21H27N5/c1-23-21-20(22)17(9-10-24-21)19-12-15-11-14(7-8-18(15)26-19)13-25-16-5-3-2-4-6-16/h7-12,16,25-26H,2-6,13,22H2,1H3,(H,23,24). The predicted molar refractivity (Wildman–Crippen MR) is 109 cm³/mol. The van der Waals surface area contributed by atoms with Gasteiger partial charge < -0.3 is 21.4 Å². The van der Waals surface area contributed by atoms with Crippen LogP contribution in [0.2, 0.25) is 0 Å². The summed E-state index contributed by atoms with van der Waals surface area (Å²) in [6.07, 6.45) is 8.52. The molecule has 1 aliphatic rings. The van der Waals surface area contributed by atoms with Gasteiger partial charge in [-0.15, -0.1) is 0 Å². The van der Waals surface area contributed by atoms with E-state index in [1.807, 2.05) is 13.1 Å². The molecule has 0 aliphatic heterocycles. The van der Waals surface area contributed by atoms with E-state index in [2.05, 4.69) is 44.9 Å². The zero-order valence-corrected chi connectivity index (χ0v) is 15.3. The van der Waals surface area contributed by atoms with Crippen molar-refractivity contribution in [2.45, 2.75) is 44.7 Å². The molecule has 2 aromatic heterocycles. The van der Waals surface area contributed by atoms with Crippen LogP contribution in [0.15, 0.2) is 36.5 Å². The highest BCUT2D eigenvalue weighted by Crippen LogP contribution is 2.32. The van der Waals surface area contributed by atoms with E-state index < -0.39 is 0 Å². The molecule has 0 saturated heterocycles. The van der Waals surface area contributed by atoms with Crippen molar-refractivity contribution in [3.63, 3.8) is 0 Å². The van der Waals surface area contributed by atoms with Crippen molar-refractivity contribution in [3.05, 3.63) is 42.1 Å². The first-order chi connectivity index (χ1) is 12.7. The Morgan fingerprint density at radius 1 is 1.15 bits per heavy atom. The number of nitrogens with one attached hydrogen (secondary N) is 3. The third-order valence-corrected chi connectivity index (χ3v) is 5.40. The largest absolute Gasteiger partial charge is 0.395 e. The van der Waals surface area contributed by atoms with E-state index in [4.69, 9.17) is 5.73 Å². The van der Waals surface area contributed by atoms with Crippen LogP contribution in [0.3, 0.4) is 0 Å². The molecule has 0 unspecified atom stereocenters. The zero-order valence-electron chi connectivity index (χ0n) is 15.3. The van der Waals surface area contributed by atoms with Gasteiger partial charge >= 0.3 is 0 Å². The number of hydrogen-bond donors (Lipinski definition) is 4. The first-order valence-electron chi connectivity index (χ1n) is 9.52. The SMILES string of the molecule is CNc1nccc(-c2cc3cc(CNC4CCCCC4)ccc3[nH]2)c1N. The summed E-state index contributed by atoms with van der Waals surface area (Å²) in [7, 11) is 1.83. The van der Waals surface area contributed by atoms with Crippen molar-refractivity contribution in [2.24, 2.45) is 0 Å². The lowest BCUT2D eigenvalue weighted by molar-refractivity contribution is 0.372. The molecule has 1 fully saturated rings. The maximum absolute atomic E-state index is 6.25. The Hall–Kier alpha value is -2.53. The Bertz CT molecular complexity index is 893. The maximum atomic E-state index is 6.25. The lowest BCUT2D eigenvalue weighted by atomic mass is 9.95. The van der Waals surface area contributed by atoms with E-state index in [1.165, 1.54) is 43.1 Å². The highest BCUT2D eigenvalue weighted by molar-refractivity contribution is 5.90. The average Bonchev–Trinajstić information content (AvgIpc) is 3.10. The number of fused-ring (bicyclic) bond motifs is 1. The van der Waals surface area contributed by atoms with Crippen molar-refractivity contribution < 1.29 is 0 Å². The topological polar surface area (TPSA) is 78.8 Å². The average molecular weight is 349 g/mol. The highest BCUT2D eigenvalue weighted by Gasteiger charge is 2.13. The van der Waals surface area contributed by atoms with Crippen LogP contribution in [0, 0.1) is 0 Å². The second-order valence-electron chi connectivity index (χ2n) is 7.19. The predicted octanol–water partition coefficient (Wildman–Crippen LogP) is 4.28. The molecule has 3 aromatic rings. The first kappa shape index (κ1) is 16.9. The summed E-state index contributed by atoms with van der Waals surface area (Å²) >= 11 is 0. The highest BCUT2D eigenvalue weighted by atomic mass is 15.0. The van der Waals surface area contributed by atoms with Crippen LogP contribution in [0.4, 0.5) is 11.5 Å². The van der Waals surface area contributed by atoms with Gasteiger partial charge in [0.2, 0.25) is 0 Å². The molecule has 1 aromatic carbocycles. The molecule has 2 heterocycles. The number of hydrogen-bond acceptors (Lipinski definition) is 4. The number of anilines is 2.